The zero-order valence-electron chi connectivity index (χ0n) is 18.4. The summed E-state index contributed by atoms with van der Waals surface area (Å²) < 4.78 is 6.32. The van der Waals surface area contributed by atoms with Crippen LogP contribution in [0, 0.1) is 17.3 Å². The van der Waals surface area contributed by atoms with Gasteiger partial charge in [-0.05, 0) is 60.6 Å². The Hall–Kier alpha value is -2.14. The van der Waals surface area contributed by atoms with E-state index in [4.69, 9.17) is 9.84 Å². The first-order chi connectivity index (χ1) is 14.3. The van der Waals surface area contributed by atoms with Crippen LogP contribution in [0.4, 0.5) is 0 Å². The number of nitrogens with zero attached hydrogens (tertiary/aromatic N) is 2. The third-order valence-corrected chi connectivity index (χ3v) is 7.44. The summed E-state index contributed by atoms with van der Waals surface area (Å²) in [6, 6.07) is 8.37. The molecule has 4 rings (SSSR count). The number of ether oxygens (including phenoxy) is 1. The van der Waals surface area contributed by atoms with Gasteiger partial charge in [-0.15, -0.1) is 0 Å². The normalized spacial score (nSPS) is 23.3. The van der Waals surface area contributed by atoms with Crippen LogP contribution in [-0.2, 0) is 11.3 Å². The van der Waals surface area contributed by atoms with E-state index < -0.39 is 5.97 Å². The number of carbonyl (C=O) groups is 1. The number of hydrogen-bond acceptors (Lipinski definition) is 4. The molecule has 0 radical (unpaired) electrons. The Morgan fingerprint density at radius 2 is 1.90 bits per heavy atom. The van der Waals surface area contributed by atoms with Gasteiger partial charge >= 0.3 is 5.97 Å². The molecular weight excluding hydrogens is 376 g/mol. The van der Waals surface area contributed by atoms with Crippen molar-refractivity contribution in [1.82, 2.24) is 9.88 Å². The van der Waals surface area contributed by atoms with Crippen molar-refractivity contribution >= 4 is 16.7 Å². The van der Waals surface area contributed by atoms with Crippen LogP contribution in [0.15, 0.2) is 30.5 Å². The second kappa shape index (κ2) is 8.54. The van der Waals surface area contributed by atoms with E-state index in [0.29, 0.717) is 31.2 Å². The first kappa shape index (κ1) is 21.1. The number of benzene rings is 1. The Balaban J connectivity index is 1.34. The third-order valence-electron chi connectivity index (χ3n) is 7.44. The van der Waals surface area contributed by atoms with Crippen LogP contribution in [0.25, 0.3) is 10.8 Å². The molecule has 5 heteroatoms. The SMILES string of the molecule is CCC(C)(C)[C@H]1CC[C@H](Oc2ccc3cc(CN4CC(C(=O)O)C4)ncc3c2)CC1. The summed E-state index contributed by atoms with van der Waals surface area (Å²) in [7, 11) is 0. The first-order valence-electron chi connectivity index (χ1n) is 11.3. The van der Waals surface area contributed by atoms with Gasteiger partial charge in [0, 0.05) is 31.2 Å². The molecule has 1 aromatic heterocycles. The second-order valence-electron chi connectivity index (χ2n) is 9.85. The van der Waals surface area contributed by atoms with E-state index in [1.807, 2.05) is 6.20 Å². The number of hydrogen-bond donors (Lipinski definition) is 1. The van der Waals surface area contributed by atoms with E-state index in [9.17, 15) is 4.79 Å². The maximum absolute atomic E-state index is 10.9. The minimum atomic E-state index is -0.701. The maximum Gasteiger partial charge on any atom is 0.309 e. The van der Waals surface area contributed by atoms with Crippen molar-refractivity contribution in [2.45, 2.75) is 65.5 Å². The van der Waals surface area contributed by atoms with Gasteiger partial charge in [-0.1, -0.05) is 33.3 Å². The molecule has 2 heterocycles. The summed E-state index contributed by atoms with van der Waals surface area (Å²) in [5, 5.41) is 11.2. The van der Waals surface area contributed by atoms with E-state index in [2.05, 4.69) is 54.9 Å². The van der Waals surface area contributed by atoms with Crippen molar-refractivity contribution in [3.8, 4) is 5.75 Å². The van der Waals surface area contributed by atoms with Gasteiger partial charge in [0.05, 0.1) is 17.7 Å². The van der Waals surface area contributed by atoms with Crippen molar-refractivity contribution in [2.24, 2.45) is 17.3 Å². The van der Waals surface area contributed by atoms with Gasteiger partial charge in [-0.3, -0.25) is 14.7 Å². The van der Waals surface area contributed by atoms with E-state index >= 15 is 0 Å². The Morgan fingerprint density at radius 1 is 1.17 bits per heavy atom. The van der Waals surface area contributed by atoms with Crippen LogP contribution < -0.4 is 4.74 Å². The lowest BCUT2D eigenvalue weighted by atomic mass is 9.69. The summed E-state index contributed by atoms with van der Waals surface area (Å²) in [5.74, 6) is 0.808. The predicted molar refractivity (Wildman–Crippen MR) is 119 cm³/mol. The molecule has 1 aliphatic carbocycles. The highest BCUT2D eigenvalue weighted by atomic mass is 16.5. The largest absolute Gasteiger partial charge is 0.490 e. The lowest BCUT2D eigenvalue weighted by Gasteiger charge is -2.38. The van der Waals surface area contributed by atoms with Crippen molar-refractivity contribution < 1.29 is 14.6 Å². The summed E-state index contributed by atoms with van der Waals surface area (Å²) in [6.07, 6.45) is 8.24. The third kappa shape index (κ3) is 4.61. The molecule has 0 unspecified atom stereocenters. The topological polar surface area (TPSA) is 62.7 Å². The highest BCUT2D eigenvalue weighted by molar-refractivity contribution is 5.83. The first-order valence-corrected chi connectivity index (χ1v) is 11.3. The second-order valence-corrected chi connectivity index (χ2v) is 9.85. The molecule has 0 atom stereocenters. The van der Waals surface area contributed by atoms with Gasteiger partial charge in [-0.25, -0.2) is 0 Å². The van der Waals surface area contributed by atoms with Crippen molar-refractivity contribution in [3.05, 3.63) is 36.2 Å². The van der Waals surface area contributed by atoms with Crippen molar-refractivity contribution in [3.63, 3.8) is 0 Å². The Morgan fingerprint density at radius 3 is 2.57 bits per heavy atom. The molecule has 0 spiro atoms. The van der Waals surface area contributed by atoms with Gasteiger partial charge in [0.25, 0.3) is 0 Å². The molecule has 162 valence electrons. The van der Waals surface area contributed by atoms with Crippen LogP contribution in [0.1, 0.15) is 58.6 Å². The number of pyridine rings is 1. The molecule has 2 aliphatic rings. The number of likely N-dealkylation sites (tertiary alicyclic amines) is 1. The zero-order chi connectivity index (χ0) is 21.3. The number of carboxylic acids is 1. The molecule has 2 fully saturated rings. The van der Waals surface area contributed by atoms with Crippen LogP contribution in [0.3, 0.4) is 0 Å². The minimum absolute atomic E-state index is 0.228. The highest BCUT2D eigenvalue weighted by Crippen LogP contribution is 2.41. The molecule has 1 saturated carbocycles. The lowest BCUT2D eigenvalue weighted by molar-refractivity contribution is -0.147. The minimum Gasteiger partial charge on any atom is -0.490 e. The average molecular weight is 411 g/mol. The summed E-state index contributed by atoms with van der Waals surface area (Å²) in [6.45, 7) is 9.02. The fraction of sp³-hybridized carbons (Fsp3) is 0.600. The predicted octanol–water partition coefficient (Wildman–Crippen LogP) is 5.13. The molecule has 1 aliphatic heterocycles. The highest BCUT2D eigenvalue weighted by Gasteiger charge is 2.33. The van der Waals surface area contributed by atoms with Crippen LogP contribution >= 0.6 is 0 Å². The maximum atomic E-state index is 10.9. The molecular formula is C25H34N2O3. The average Bonchev–Trinajstić information content (AvgIpc) is 2.70. The quantitative estimate of drug-likeness (QED) is 0.686. The van der Waals surface area contributed by atoms with E-state index in [1.165, 1.54) is 19.3 Å². The molecule has 1 aromatic carbocycles. The Labute approximate surface area is 179 Å². The molecule has 0 amide bonds. The van der Waals surface area contributed by atoms with Gasteiger partial charge in [0.15, 0.2) is 0 Å². The van der Waals surface area contributed by atoms with E-state index in [0.717, 1.165) is 41.0 Å². The van der Waals surface area contributed by atoms with E-state index in [-0.39, 0.29) is 5.92 Å². The fourth-order valence-corrected chi connectivity index (χ4v) is 4.85. The summed E-state index contributed by atoms with van der Waals surface area (Å²) in [4.78, 5) is 17.7. The smallest absolute Gasteiger partial charge is 0.309 e. The molecule has 30 heavy (non-hydrogen) atoms. The molecule has 5 nitrogen and oxygen atoms in total. The number of rotatable bonds is 7. The van der Waals surface area contributed by atoms with E-state index in [1.54, 1.807) is 0 Å². The lowest BCUT2D eigenvalue weighted by Crippen LogP contribution is -2.49. The molecule has 0 bridgehead atoms. The number of aliphatic carboxylic acids is 1. The van der Waals surface area contributed by atoms with Gasteiger partial charge in [0.1, 0.15) is 5.75 Å². The standard InChI is InChI=1S/C25H34N2O3/c1-4-25(2,3)20-6-9-22(10-7-20)30-23-8-5-17-11-21(26-13-18(17)12-23)16-27-14-19(15-27)24(28)29/h5,8,11-13,19-20,22H,4,6-7,9-10,14-16H2,1-3H3,(H,28,29)/t20-,22-. The summed E-state index contributed by atoms with van der Waals surface area (Å²) in [5.41, 5.74) is 1.42. The van der Waals surface area contributed by atoms with Crippen LogP contribution in [0.5, 0.6) is 5.75 Å². The zero-order valence-corrected chi connectivity index (χ0v) is 18.4. The number of fused-ring (bicyclic) bond motifs is 1. The summed E-state index contributed by atoms with van der Waals surface area (Å²) >= 11 is 0. The monoisotopic (exact) mass is 410 g/mol. The molecule has 2 aromatic rings. The van der Waals surface area contributed by atoms with Crippen LogP contribution in [0.2, 0.25) is 0 Å². The number of aromatic nitrogens is 1. The van der Waals surface area contributed by atoms with Crippen molar-refractivity contribution in [2.75, 3.05) is 13.1 Å². The Bertz CT molecular complexity index is 896. The van der Waals surface area contributed by atoms with Gasteiger partial charge in [-0.2, -0.15) is 0 Å². The van der Waals surface area contributed by atoms with Crippen LogP contribution in [-0.4, -0.2) is 40.2 Å². The van der Waals surface area contributed by atoms with Crippen molar-refractivity contribution in [1.29, 1.82) is 0 Å². The van der Waals surface area contributed by atoms with Gasteiger partial charge < -0.3 is 9.84 Å². The number of carboxylic acid groups (broad SMARTS) is 1. The molecule has 1 saturated heterocycles. The molecule has 1 N–H and O–H groups in total. The van der Waals surface area contributed by atoms with Gasteiger partial charge in [0.2, 0.25) is 0 Å². The fourth-order valence-electron chi connectivity index (χ4n) is 4.85. The Kier molecular flexibility index (Phi) is 6.01.